The number of carbonyl (C=O) groups excluding carboxylic acids is 1. The van der Waals surface area contributed by atoms with Gasteiger partial charge in [0.2, 0.25) is 5.91 Å². The Hall–Kier alpha value is -1.26. The van der Waals surface area contributed by atoms with Gasteiger partial charge in [-0.2, -0.15) is 0 Å². The summed E-state index contributed by atoms with van der Waals surface area (Å²) >= 11 is 5.90. The highest BCUT2D eigenvalue weighted by Gasteiger charge is 2.13. The molecule has 1 amide bonds. The summed E-state index contributed by atoms with van der Waals surface area (Å²) in [4.78, 5) is 14.2. The Labute approximate surface area is 132 Å². The number of carbonyl (C=O) groups is 1. The van der Waals surface area contributed by atoms with Crippen molar-refractivity contribution in [3.8, 4) is 0 Å². The minimum absolute atomic E-state index is 0.0486. The van der Waals surface area contributed by atoms with Crippen LogP contribution in [0.2, 0.25) is 5.02 Å². The van der Waals surface area contributed by atoms with Crippen LogP contribution >= 0.6 is 11.6 Å². The van der Waals surface area contributed by atoms with Crippen LogP contribution in [-0.4, -0.2) is 30.4 Å². The van der Waals surface area contributed by atoms with Crippen LogP contribution in [0.25, 0.3) is 0 Å². The van der Waals surface area contributed by atoms with E-state index in [1.807, 2.05) is 7.05 Å². The van der Waals surface area contributed by atoms with Gasteiger partial charge in [-0.25, -0.2) is 0 Å². The first-order valence-corrected chi connectivity index (χ1v) is 7.72. The molecular weight excluding hydrogens is 286 g/mol. The molecule has 0 aliphatic rings. The Morgan fingerprint density at radius 1 is 1.38 bits per heavy atom. The molecule has 0 bridgehead atoms. The molecule has 4 nitrogen and oxygen atoms in total. The highest BCUT2D eigenvalue weighted by atomic mass is 35.5. The van der Waals surface area contributed by atoms with Crippen molar-refractivity contribution >= 4 is 28.9 Å². The third kappa shape index (κ3) is 6.36. The molecule has 3 N–H and O–H groups in total. The highest BCUT2D eigenvalue weighted by Crippen LogP contribution is 2.23. The molecular formula is C16H26ClN3O. The van der Waals surface area contributed by atoms with Crippen molar-refractivity contribution in [3.63, 3.8) is 0 Å². The number of nitrogen functional groups attached to an aromatic ring is 1. The number of nitrogens with one attached hydrogen (secondary N) is 1. The fourth-order valence-corrected chi connectivity index (χ4v) is 2.38. The van der Waals surface area contributed by atoms with Crippen LogP contribution in [0.15, 0.2) is 18.2 Å². The number of nitrogens with two attached hydrogens (primary N) is 1. The molecule has 118 valence electrons. The van der Waals surface area contributed by atoms with Gasteiger partial charge in [0.1, 0.15) is 0 Å². The molecule has 0 aromatic heterocycles. The third-order valence-corrected chi connectivity index (χ3v) is 3.78. The molecule has 1 aromatic rings. The Morgan fingerprint density at radius 3 is 2.67 bits per heavy atom. The van der Waals surface area contributed by atoms with Crippen molar-refractivity contribution in [2.45, 2.75) is 39.7 Å². The molecule has 0 aliphatic carbocycles. The summed E-state index contributed by atoms with van der Waals surface area (Å²) in [5.74, 6) is 0.607. The van der Waals surface area contributed by atoms with Crippen LogP contribution in [0.5, 0.6) is 0 Å². The maximum absolute atomic E-state index is 12.0. The van der Waals surface area contributed by atoms with Crippen molar-refractivity contribution in [3.05, 3.63) is 23.2 Å². The molecule has 0 heterocycles. The topological polar surface area (TPSA) is 58.4 Å². The van der Waals surface area contributed by atoms with Gasteiger partial charge >= 0.3 is 0 Å². The van der Waals surface area contributed by atoms with E-state index in [1.54, 1.807) is 18.2 Å². The number of hydrogen-bond donors (Lipinski definition) is 2. The average molecular weight is 312 g/mol. The second-order valence-electron chi connectivity index (χ2n) is 5.99. The molecule has 5 heteroatoms. The lowest BCUT2D eigenvalue weighted by molar-refractivity contribution is -0.116. The normalized spacial score (nSPS) is 12.7. The monoisotopic (exact) mass is 311 g/mol. The molecule has 21 heavy (non-hydrogen) atoms. The van der Waals surface area contributed by atoms with Crippen LogP contribution < -0.4 is 11.1 Å². The van der Waals surface area contributed by atoms with Crippen molar-refractivity contribution in [1.82, 2.24) is 4.90 Å². The van der Waals surface area contributed by atoms with Crippen molar-refractivity contribution in [1.29, 1.82) is 0 Å². The maximum Gasteiger partial charge on any atom is 0.225 e. The van der Waals surface area contributed by atoms with Gasteiger partial charge in [0.05, 0.1) is 11.4 Å². The van der Waals surface area contributed by atoms with Gasteiger partial charge in [-0.1, -0.05) is 25.4 Å². The van der Waals surface area contributed by atoms with E-state index < -0.39 is 0 Å². The van der Waals surface area contributed by atoms with Gasteiger partial charge in [0, 0.05) is 24.0 Å². The second-order valence-corrected chi connectivity index (χ2v) is 6.43. The quantitative estimate of drug-likeness (QED) is 0.756. The number of halogens is 1. The summed E-state index contributed by atoms with van der Waals surface area (Å²) in [6, 6.07) is 5.52. The first-order chi connectivity index (χ1) is 9.79. The molecule has 0 fully saturated rings. The zero-order chi connectivity index (χ0) is 16.0. The highest BCUT2D eigenvalue weighted by molar-refractivity contribution is 6.31. The predicted octanol–water partition coefficient (Wildman–Crippen LogP) is 3.62. The molecule has 0 spiro atoms. The largest absolute Gasteiger partial charge is 0.397 e. The first-order valence-electron chi connectivity index (χ1n) is 7.34. The van der Waals surface area contributed by atoms with Gasteiger partial charge < -0.3 is 16.0 Å². The molecule has 0 aliphatic heterocycles. The zero-order valence-corrected chi connectivity index (χ0v) is 14.1. The Balaban J connectivity index is 2.45. The van der Waals surface area contributed by atoms with Crippen molar-refractivity contribution in [2.24, 2.45) is 5.92 Å². The Kier molecular flexibility index (Phi) is 6.99. The Bertz CT molecular complexity index is 477. The molecule has 1 unspecified atom stereocenters. The molecule has 0 saturated carbocycles. The fraction of sp³-hybridized carbons (Fsp3) is 0.562. The fourth-order valence-electron chi connectivity index (χ4n) is 2.21. The van der Waals surface area contributed by atoms with Crippen molar-refractivity contribution in [2.75, 3.05) is 24.6 Å². The number of hydrogen-bond acceptors (Lipinski definition) is 3. The lowest BCUT2D eigenvalue weighted by Crippen LogP contribution is -2.33. The lowest BCUT2D eigenvalue weighted by atomic mass is 10.0. The van der Waals surface area contributed by atoms with E-state index in [-0.39, 0.29) is 5.91 Å². The zero-order valence-electron chi connectivity index (χ0n) is 13.3. The molecule has 0 saturated heterocycles. The molecule has 1 aromatic carbocycles. The number of amides is 1. The number of rotatable bonds is 7. The second kappa shape index (κ2) is 8.25. The molecule has 1 rings (SSSR count). The van der Waals surface area contributed by atoms with E-state index in [9.17, 15) is 4.79 Å². The number of benzene rings is 1. The third-order valence-electron chi connectivity index (χ3n) is 3.55. The lowest BCUT2D eigenvalue weighted by Gasteiger charge is -2.25. The van der Waals surface area contributed by atoms with E-state index in [0.29, 0.717) is 34.8 Å². The summed E-state index contributed by atoms with van der Waals surface area (Å²) in [5.41, 5.74) is 6.91. The number of nitrogens with zero attached hydrogens (tertiary/aromatic N) is 1. The van der Waals surface area contributed by atoms with Gasteiger partial charge in [0.15, 0.2) is 0 Å². The standard InChI is InChI=1S/C16H26ClN3O/c1-11(2)9-12(3)20(4)8-7-16(21)19-15-10-13(17)5-6-14(15)18/h5-6,10-12H,7-9,18H2,1-4H3,(H,19,21). The van der Waals surface area contributed by atoms with Crippen molar-refractivity contribution < 1.29 is 4.79 Å². The van der Waals surface area contributed by atoms with Crippen LogP contribution in [0.3, 0.4) is 0 Å². The summed E-state index contributed by atoms with van der Waals surface area (Å²) < 4.78 is 0. The van der Waals surface area contributed by atoms with Gasteiger partial charge in [-0.3, -0.25) is 4.79 Å². The number of anilines is 2. The summed E-state index contributed by atoms with van der Waals surface area (Å²) in [5, 5.41) is 3.37. The van der Waals surface area contributed by atoms with Gasteiger partial charge in [0.25, 0.3) is 0 Å². The molecule has 1 atom stereocenters. The van der Waals surface area contributed by atoms with Gasteiger partial charge in [-0.05, 0) is 44.5 Å². The first kappa shape index (κ1) is 17.8. The van der Waals surface area contributed by atoms with Gasteiger partial charge in [-0.15, -0.1) is 0 Å². The molecule has 0 radical (unpaired) electrons. The van der Waals surface area contributed by atoms with Crippen LogP contribution in [0.1, 0.15) is 33.6 Å². The summed E-state index contributed by atoms with van der Waals surface area (Å²) in [6.07, 6.45) is 1.56. The Morgan fingerprint density at radius 2 is 2.05 bits per heavy atom. The maximum atomic E-state index is 12.0. The average Bonchev–Trinajstić information content (AvgIpc) is 2.39. The van der Waals surface area contributed by atoms with E-state index >= 15 is 0 Å². The SMILES string of the molecule is CC(C)CC(C)N(C)CCC(=O)Nc1cc(Cl)ccc1N. The predicted molar refractivity (Wildman–Crippen MR) is 90.7 cm³/mol. The minimum Gasteiger partial charge on any atom is -0.397 e. The van der Waals surface area contributed by atoms with Crippen LogP contribution in [-0.2, 0) is 4.79 Å². The van der Waals surface area contributed by atoms with E-state index in [0.717, 1.165) is 13.0 Å². The van der Waals surface area contributed by atoms with E-state index in [4.69, 9.17) is 17.3 Å². The van der Waals surface area contributed by atoms with E-state index in [1.165, 1.54) is 0 Å². The smallest absolute Gasteiger partial charge is 0.225 e. The van der Waals surface area contributed by atoms with E-state index in [2.05, 4.69) is 31.0 Å². The summed E-state index contributed by atoms with van der Waals surface area (Å²) in [6.45, 7) is 7.32. The minimum atomic E-state index is -0.0486. The van der Waals surface area contributed by atoms with Crippen LogP contribution in [0, 0.1) is 5.92 Å². The van der Waals surface area contributed by atoms with Crippen LogP contribution in [0.4, 0.5) is 11.4 Å². The summed E-state index contributed by atoms with van der Waals surface area (Å²) in [7, 11) is 2.05.